The van der Waals surface area contributed by atoms with Crippen LogP contribution < -0.4 is 14.4 Å². The maximum atomic E-state index is 13.2. The van der Waals surface area contributed by atoms with E-state index < -0.39 is 11.7 Å². The molecule has 0 aromatic heterocycles. The summed E-state index contributed by atoms with van der Waals surface area (Å²) in [5.41, 5.74) is 1.73. The summed E-state index contributed by atoms with van der Waals surface area (Å²) >= 11 is 0. The second kappa shape index (κ2) is 6.23. The van der Waals surface area contributed by atoms with E-state index in [0.717, 1.165) is 23.5 Å². The molecule has 27 heavy (non-hydrogen) atoms. The number of fused-ring (bicyclic) bond motifs is 2. The molecule has 1 aliphatic heterocycles. The molecule has 0 radical (unpaired) electrons. The van der Waals surface area contributed by atoms with Crippen molar-refractivity contribution >= 4 is 17.1 Å². The second-order valence-corrected chi connectivity index (χ2v) is 6.21. The normalized spacial score (nSPS) is 12.9. The third kappa shape index (κ3) is 2.87. The van der Waals surface area contributed by atoms with E-state index in [1.54, 1.807) is 6.92 Å². The Morgan fingerprint density at radius 3 is 1.96 bits per heavy atom. The van der Waals surface area contributed by atoms with Gasteiger partial charge in [-0.3, -0.25) is 4.90 Å². The Morgan fingerprint density at radius 1 is 0.889 bits per heavy atom. The second-order valence-electron chi connectivity index (χ2n) is 6.21. The summed E-state index contributed by atoms with van der Waals surface area (Å²) < 4.78 is 51.1. The van der Waals surface area contributed by atoms with Crippen LogP contribution in [0.15, 0.2) is 60.7 Å². The molecule has 0 fully saturated rings. The molecule has 4 rings (SSSR count). The number of ether oxygens (including phenoxy) is 2. The highest BCUT2D eigenvalue weighted by molar-refractivity contribution is 5.89. The van der Waals surface area contributed by atoms with Crippen LogP contribution >= 0.6 is 0 Å². The first-order valence-electron chi connectivity index (χ1n) is 8.32. The number of anilines is 3. The average Bonchev–Trinajstić information content (AvgIpc) is 2.65. The summed E-state index contributed by atoms with van der Waals surface area (Å²) in [5, 5.41) is 0. The molecule has 0 N–H and O–H groups in total. The van der Waals surface area contributed by atoms with E-state index in [-0.39, 0.29) is 5.75 Å². The van der Waals surface area contributed by atoms with Crippen molar-refractivity contribution in [2.75, 3.05) is 12.0 Å². The van der Waals surface area contributed by atoms with E-state index in [2.05, 4.69) is 0 Å². The summed E-state index contributed by atoms with van der Waals surface area (Å²) in [6.07, 6.45) is -4.45. The Morgan fingerprint density at radius 2 is 1.44 bits per heavy atom. The highest BCUT2D eigenvalue weighted by Gasteiger charge is 2.34. The lowest BCUT2D eigenvalue weighted by Gasteiger charge is -2.34. The smallest absolute Gasteiger partial charge is 0.416 e. The molecule has 6 heteroatoms. The molecular formula is C21H16F3NO2. The highest BCUT2D eigenvalue weighted by Crippen LogP contribution is 2.53. The molecule has 0 saturated carbocycles. The predicted octanol–water partition coefficient (Wildman–Crippen LogP) is 6.60. The molecule has 3 aromatic rings. The fourth-order valence-corrected chi connectivity index (χ4v) is 3.30. The van der Waals surface area contributed by atoms with Crippen molar-refractivity contribution in [2.24, 2.45) is 0 Å². The van der Waals surface area contributed by atoms with Crippen molar-refractivity contribution < 1.29 is 22.6 Å². The summed E-state index contributed by atoms with van der Waals surface area (Å²) in [7, 11) is 1.37. The molecule has 1 aliphatic rings. The number of rotatable bonds is 2. The molecule has 3 nitrogen and oxygen atoms in total. The molecule has 0 bridgehead atoms. The molecule has 0 amide bonds. The quantitative estimate of drug-likeness (QED) is 0.396. The van der Waals surface area contributed by atoms with Gasteiger partial charge in [0.2, 0.25) is 0 Å². The average molecular weight is 371 g/mol. The Kier molecular flexibility index (Phi) is 3.98. The first kappa shape index (κ1) is 17.3. The van der Waals surface area contributed by atoms with Gasteiger partial charge in [-0.25, -0.2) is 0 Å². The first-order valence-corrected chi connectivity index (χ1v) is 8.32. The van der Waals surface area contributed by atoms with Crippen LogP contribution in [0, 0.1) is 6.92 Å². The number of hydrogen-bond acceptors (Lipinski definition) is 3. The van der Waals surface area contributed by atoms with Crippen molar-refractivity contribution in [1.29, 1.82) is 0 Å². The zero-order valence-corrected chi connectivity index (χ0v) is 14.7. The molecule has 1 heterocycles. The van der Waals surface area contributed by atoms with Gasteiger partial charge in [0.25, 0.3) is 0 Å². The summed E-state index contributed by atoms with van der Waals surface area (Å²) in [6.45, 7) is 1.65. The molecule has 0 saturated heterocycles. The zero-order valence-electron chi connectivity index (χ0n) is 14.7. The Labute approximate surface area is 154 Å². The van der Waals surface area contributed by atoms with Gasteiger partial charge in [0.1, 0.15) is 5.75 Å². The Hall–Kier alpha value is -3.15. The van der Waals surface area contributed by atoms with E-state index in [0.29, 0.717) is 22.7 Å². The van der Waals surface area contributed by atoms with E-state index in [1.807, 2.05) is 53.4 Å². The Balaban J connectivity index is 1.99. The van der Waals surface area contributed by atoms with E-state index in [4.69, 9.17) is 9.47 Å². The van der Waals surface area contributed by atoms with Gasteiger partial charge in [0, 0.05) is 0 Å². The van der Waals surface area contributed by atoms with Crippen LogP contribution in [0.3, 0.4) is 0 Å². The van der Waals surface area contributed by atoms with Crippen LogP contribution in [0.4, 0.5) is 30.2 Å². The molecule has 0 atom stereocenters. The maximum Gasteiger partial charge on any atom is 0.416 e. The molecule has 138 valence electrons. The minimum absolute atomic E-state index is 0.147. The van der Waals surface area contributed by atoms with Crippen molar-refractivity contribution in [2.45, 2.75) is 13.1 Å². The topological polar surface area (TPSA) is 21.7 Å². The predicted molar refractivity (Wildman–Crippen MR) is 97.5 cm³/mol. The summed E-state index contributed by atoms with van der Waals surface area (Å²) in [5.74, 6) is 1.39. The van der Waals surface area contributed by atoms with Crippen LogP contribution in [0.5, 0.6) is 17.2 Å². The van der Waals surface area contributed by atoms with Crippen LogP contribution in [-0.2, 0) is 6.18 Å². The van der Waals surface area contributed by atoms with Gasteiger partial charge < -0.3 is 9.47 Å². The number of methoxy groups -OCH3 is 1. The minimum atomic E-state index is -4.45. The van der Waals surface area contributed by atoms with E-state index >= 15 is 0 Å². The van der Waals surface area contributed by atoms with Gasteiger partial charge in [0.15, 0.2) is 11.5 Å². The number of hydrogen-bond donors (Lipinski definition) is 0. The lowest BCUT2D eigenvalue weighted by molar-refractivity contribution is -0.137. The molecule has 0 aliphatic carbocycles. The number of para-hydroxylation sites is 4. The van der Waals surface area contributed by atoms with Crippen LogP contribution in [0.2, 0.25) is 0 Å². The van der Waals surface area contributed by atoms with Crippen molar-refractivity contribution in [3.05, 3.63) is 71.8 Å². The first-order chi connectivity index (χ1) is 12.9. The van der Waals surface area contributed by atoms with Crippen LogP contribution in [0.25, 0.3) is 0 Å². The van der Waals surface area contributed by atoms with Crippen molar-refractivity contribution in [3.8, 4) is 17.2 Å². The number of alkyl halides is 3. The fraction of sp³-hybridized carbons (Fsp3) is 0.143. The van der Waals surface area contributed by atoms with Crippen molar-refractivity contribution in [1.82, 2.24) is 0 Å². The molecule has 0 unspecified atom stereocenters. The molecule has 0 spiro atoms. The minimum Gasteiger partial charge on any atom is -0.495 e. The number of halogens is 3. The van der Waals surface area contributed by atoms with Crippen LogP contribution in [-0.4, -0.2) is 7.11 Å². The third-order valence-corrected chi connectivity index (χ3v) is 4.47. The SMILES string of the molecule is COc1cc(C(F)(F)F)cc(C)c1N1c2ccccc2Oc2ccccc21. The maximum absolute atomic E-state index is 13.2. The summed E-state index contributed by atoms with van der Waals surface area (Å²) in [4.78, 5) is 1.88. The number of benzene rings is 3. The Bertz CT molecular complexity index is 969. The van der Waals surface area contributed by atoms with Crippen molar-refractivity contribution in [3.63, 3.8) is 0 Å². The number of aryl methyl sites for hydroxylation is 1. The van der Waals surface area contributed by atoms with E-state index in [9.17, 15) is 13.2 Å². The largest absolute Gasteiger partial charge is 0.495 e. The van der Waals surface area contributed by atoms with E-state index in [1.165, 1.54) is 7.11 Å². The lowest BCUT2D eigenvalue weighted by atomic mass is 10.0. The number of nitrogens with zero attached hydrogens (tertiary/aromatic N) is 1. The fourth-order valence-electron chi connectivity index (χ4n) is 3.30. The molecular weight excluding hydrogens is 355 g/mol. The standard InChI is InChI=1S/C21H16F3NO2/c1-13-11-14(21(22,23)24)12-19(26-2)20(13)25-15-7-3-5-9-17(15)27-18-10-6-4-8-16(18)25/h3-12H,1-2H3. The van der Waals surface area contributed by atoms with Gasteiger partial charge in [-0.1, -0.05) is 24.3 Å². The van der Waals surface area contributed by atoms with Gasteiger partial charge in [0.05, 0.1) is 29.7 Å². The highest BCUT2D eigenvalue weighted by atomic mass is 19.4. The van der Waals surface area contributed by atoms with Gasteiger partial charge in [-0.05, 0) is 48.9 Å². The monoisotopic (exact) mass is 371 g/mol. The molecule has 3 aromatic carbocycles. The summed E-state index contributed by atoms with van der Waals surface area (Å²) in [6, 6.07) is 17.0. The van der Waals surface area contributed by atoms with Gasteiger partial charge >= 0.3 is 6.18 Å². The van der Waals surface area contributed by atoms with Crippen LogP contribution in [0.1, 0.15) is 11.1 Å². The lowest BCUT2D eigenvalue weighted by Crippen LogP contribution is -2.18. The zero-order chi connectivity index (χ0) is 19.2. The van der Waals surface area contributed by atoms with Gasteiger partial charge in [-0.2, -0.15) is 13.2 Å². The third-order valence-electron chi connectivity index (χ3n) is 4.47. The van der Waals surface area contributed by atoms with Gasteiger partial charge in [-0.15, -0.1) is 0 Å².